The predicted octanol–water partition coefficient (Wildman–Crippen LogP) is 8.88. The Morgan fingerprint density at radius 2 is 1.00 bits per heavy atom. The van der Waals surface area contributed by atoms with Gasteiger partial charge in [-0.15, -0.1) is 0 Å². The summed E-state index contributed by atoms with van der Waals surface area (Å²) in [5.41, 5.74) is 0. The Bertz CT molecular complexity index is 163. The molecule has 0 nitrogen and oxygen atoms in total. The molecule has 0 aromatic rings. The maximum Gasteiger partial charge on any atom is 0.294 e. The molecule has 0 saturated carbocycles. The summed E-state index contributed by atoms with van der Waals surface area (Å²) in [5.74, 6) is 0. The van der Waals surface area contributed by atoms with Crippen molar-refractivity contribution in [3.63, 3.8) is 0 Å². The Kier molecular flexibility index (Phi) is 22.7. The van der Waals surface area contributed by atoms with Crippen molar-refractivity contribution in [3.8, 4) is 0 Å². The summed E-state index contributed by atoms with van der Waals surface area (Å²) >= 11 is -0.839. The van der Waals surface area contributed by atoms with Crippen molar-refractivity contribution in [3.05, 3.63) is 0 Å². The van der Waals surface area contributed by atoms with Crippen LogP contribution in [0.1, 0.15) is 59.3 Å². The van der Waals surface area contributed by atoms with Gasteiger partial charge in [0, 0.05) is 0 Å². The fourth-order valence-electron chi connectivity index (χ4n) is 1.71. The van der Waals surface area contributed by atoms with Crippen molar-refractivity contribution < 1.29 is 16.8 Å². The van der Waals surface area contributed by atoms with Crippen LogP contribution in [-0.4, -0.2) is 19.8 Å². The van der Waals surface area contributed by atoms with Crippen molar-refractivity contribution >= 4 is 44.2 Å². The van der Waals surface area contributed by atoms with Gasteiger partial charge in [0.05, 0.1) is 7.96 Å². The molecule has 0 aliphatic rings. The van der Waals surface area contributed by atoms with Crippen molar-refractivity contribution in [2.75, 3.05) is 0 Å². The summed E-state index contributed by atoms with van der Waals surface area (Å²) < 4.78 is 48.6. The number of hydrogen-bond acceptors (Lipinski definition) is 0. The molecule has 0 aliphatic heterocycles. The van der Waals surface area contributed by atoms with Gasteiger partial charge in [-0.3, -0.25) is 0 Å². The zero-order valence-electron chi connectivity index (χ0n) is 12.8. The monoisotopic (exact) mass is 461 g/mol. The van der Waals surface area contributed by atoms with Crippen LogP contribution < -0.4 is 0 Å². The molecule has 0 aliphatic carbocycles. The minimum absolute atomic E-state index is 0.839. The van der Waals surface area contributed by atoms with Gasteiger partial charge >= 0.3 is 92.4 Å². The molecule has 20 heavy (non-hydrogen) atoms. The first-order valence-corrected chi connectivity index (χ1v) is 18.3. The Labute approximate surface area is 133 Å². The first-order chi connectivity index (χ1) is 9.47. The molecule has 0 fully saturated rings. The van der Waals surface area contributed by atoms with Crippen molar-refractivity contribution in [1.82, 2.24) is 0 Å². The summed E-state index contributed by atoms with van der Waals surface area (Å²) in [4.78, 5) is 0. The molecule has 0 aromatic heterocycles. The van der Waals surface area contributed by atoms with E-state index in [1.807, 2.05) is 0 Å². The SMILES string of the molecule is CCC[CH2][Sn]([CH2]CCC)[CH2]CCC.FP(F)PP(F)F. The van der Waals surface area contributed by atoms with E-state index in [4.69, 9.17) is 0 Å². The molecule has 0 amide bonds. The molecule has 123 valence electrons. The van der Waals surface area contributed by atoms with Gasteiger partial charge in [-0.05, 0) is 0 Å². The van der Waals surface area contributed by atoms with Gasteiger partial charge in [-0.25, -0.2) is 0 Å². The fraction of sp³-hybridized carbons (Fsp3) is 1.00. The summed E-state index contributed by atoms with van der Waals surface area (Å²) in [5, 5.41) is 0. The molecule has 0 saturated heterocycles. The molecule has 0 aromatic carbocycles. The average molecular weight is 460 g/mol. The molecular formula is C12H28F4P3Sn. The van der Waals surface area contributed by atoms with Gasteiger partial charge in [-0.1, -0.05) is 0 Å². The van der Waals surface area contributed by atoms with Crippen molar-refractivity contribution in [2.24, 2.45) is 0 Å². The van der Waals surface area contributed by atoms with E-state index in [0.29, 0.717) is 0 Å². The molecule has 0 N–H and O–H groups in total. The Morgan fingerprint density at radius 1 is 0.700 bits per heavy atom. The third kappa shape index (κ3) is 22.1. The van der Waals surface area contributed by atoms with Crippen LogP contribution in [0.5, 0.6) is 0 Å². The van der Waals surface area contributed by atoms with Gasteiger partial charge in [0.15, 0.2) is 0 Å². The molecule has 1 radical (unpaired) electrons. The van der Waals surface area contributed by atoms with E-state index in [9.17, 15) is 16.8 Å². The predicted molar refractivity (Wildman–Crippen MR) is 91.5 cm³/mol. The number of rotatable bonds is 11. The van der Waals surface area contributed by atoms with E-state index in [-0.39, 0.29) is 0 Å². The van der Waals surface area contributed by atoms with Crippen LogP contribution in [0, 0.1) is 0 Å². The van der Waals surface area contributed by atoms with E-state index in [0.717, 1.165) is 0 Å². The molecule has 0 unspecified atom stereocenters. The van der Waals surface area contributed by atoms with Crippen LogP contribution in [0.25, 0.3) is 0 Å². The minimum Gasteiger partial charge on any atom is -0.183 e. The first-order valence-electron chi connectivity index (χ1n) is 7.31. The molecule has 0 spiro atoms. The van der Waals surface area contributed by atoms with Gasteiger partial charge in [-0.2, -0.15) is 16.8 Å². The van der Waals surface area contributed by atoms with Crippen LogP contribution in [0.15, 0.2) is 0 Å². The van der Waals surface area contributed by atoms with E-state index < -0.39 is 44.2 Å². The Morgan fingerprint density at radius 3 is 1.15 bits per heavy atom. The zero-order valence-corrected chi connectivity index (χ0v) is 18.4. The van der Waals surface area contributed by atoms with Crippen molar-refractivity contribution in [1.29, 1.82) is 0 Å². The van der Waals surface area contributed by atoms with Gasteiger partial charge in [0.25, 0.3) is 16.5 Å². The summed E-state index contributed by atoms with van der Waals surface area (Å²) in [6.07, 6.45) is 8.85. The zero-order chi connectivity index (χ0) is 15.8. The maximum absolute atomic E-state index is 10.9. The topological polar surface area (TPSA) is 0 Å². The van der Waals surface area contributed by atoms with E-state index in [1.165, 1.54) is 38.5 Å². The third-order valence-electron chi connectivity index (χ3n) is 2.80. The second-order valence-corrected chi connectivity index (χ2v) is 18.7. The minimum atomic E-state index is -3.33. The Balaban J connectivity index is 0. The molecule has 0 bridgehead atoms. The first kappa shape index (κ1) is 24.1. The number of hydrogen-bond donors (Lipinski definition) is 0. The van der Waals surface area contributed by atoms with Crippen LogP contribution in [-0.2, 0) is 0 Å². The van der Waals surface area contributed by atoms with Crippen LogP contribution in [0.3, 0.4) is 0 Å². The van der Waals surface area contributed by atoms with Gasteiger partial charge in [0.2, 0.25) is 0 Å². The summed E-state index contributed by atoms with van der Waals surface area (Å²) in [7, 11) is -8.06. The van der Waals surface area contributed by atoms with Crippen LogP contribution in [0.2, 0.25) is 13.3 Å². The van der Waals surface area contributed by atoms with Gasteiger partial charge < -0.3 is 0 Å². The van der Waals surface area contributed by atoms with Crippen LogP contribution in [0.4, 0.5) is 16.8 Å². The largest absolute Gasteiger partial charge is 0.294 e. The summed E-state index contributed by atoms with van der Waals surface area (Å²) in [6, 6.07) is 0. The maximum atomic E-state index is 10.9. The molecule has 8 heteroatoms. The van der Waals surface area contributed by atoms with Crippen molar-refractivity contribution in [2.45, 2.75) is 72.6 Å². The number of halogens is 4. The quantitative estimate of drug-likeness (QED) is 0.164. The standard InChI is InChI=1S/3C4H9.F4HP3.Sn/c3*1-3-4-2;1-6(2)5-7(3)4;/h3*1,3-4H2,2H3;5H;. The smallest absolute Gasteiger partial charge is 0.183 e. The van der Waals surface area contributed by atoms with E-state index in [1.54, 1.807) is 13.3 Å². The normalized spacial score (nSPS) is 11.1. The average Bonchev–Trinajstić information content (AvgIpc) is 2.37. The van der Waals surface area contributed by atoms with Crippen LogP contribution >= 0.6 is 24.4 Å². The summed E-state index contributed by atoms with van der Waals surface area (Å²) in [6.45, 7) is 7.00. The fourth-order valence-corrected chi connectivity index (χ4v) is 12.6. The molecule has 0 heterocycles. The molecule has 0 rings (SSSR count). The number of unbranched alkanes of at least 4 members (excludes halogenated alkanes) is 3. The Hall–Kier alpha value is 1.81. The molecular weight excluding hydrogens is 432 g/mol. The molecule has 0 atom stereocenters. The van der Waals surface area contributed by atoms with Gasteiger partial charge in [0.1, 0.15) is 0 Å². The van der Waals surface area contributed by atoms with E-state index in [2.05, 4.69) is 20.8 Å². The second-order valence-electron chi connectivity index (χ2n) is 4.63. The third-order valence-corrected chi connectivity index (χ3v) is 15.8. The second kappa shape index (κ2) is 18.9. The van der Waals surface area contributed by atoms with E-state index >= 15 is 0 Å².